The van der Waals surface area contributed by atoms with Gasteiger partial charge < -0.3 is 45.2 Å². The maximum atomic E-state index is 9.98. The van der Waals surface area contributed by atoms with Crippen LogP contribution in [-0.4, -0.2) is 103 Å². The Hall–Kier alpha value is -0.0100. The van der Waals surface area contributed by atoms with Gasteiger partial charge in [0.15, 0.2) is 6.29 Å². The van der Waals surface area contributed by atoms with Gasteiger partial charge >= 0.3 is 0 Å². The van der Waals surface area contributed by atoms with Crippen LogP contribution in [0.1, 0.15) is 6.42 Å². The van der Waals surface area contributed by atoms with Crippen LogP contribution in [0, 0.1) is 0 Å². The minimum absolute atomic E-state index is 0.0894. The van der Waals surface area contributed by atoms with Crippen LogP contribution in [0.15, 0.2) is 0 Å². The lowest BCUT2D eigenvalue weighted by Gasteiger charge is -2.43. The van der Waals surface area contributed by atoms with Gasteiger partial charge in [-0.15, -0.1) is 11.8 Å². The highest BCUT2D eigenvalue weighted by Gasteiger charge is 2.46. The Bertz CT molecular complexity index is 357. The summed E-state index contributed by atoms with van der Waals surface area (Å²) < 4.78 is 10.4. The molecule has 9 nitrogen and oxygen atoms in total. The van der Waals surface area contributed by atoms with E-state index in [4.69, 9.17) is 14.6 Å². The van der Waals surface area contributed by atoms with E-state index in [9.17, 15) is 30.6 Å². The molecule has 0 spiro atoms. The van der Waals surface area contributed by atoms with E-state index in [1.807, 2.05) is 0 Å². The van der Waals surface area contributed by atoms with Gasteiger partial charge in [0.2, 0.25) is 0 Å². The molecule has 0 bridgehead atoms. The predicted molar refractivity (Wildman–Crippen MR) is 73.7 cm³/mol. The van der Waals surface area contributed by atoms with Crippen molar-refractivity contribution in [3.8, 4) is 0 Å². The number of rotatable bonds is 4. The first-order valence-corrected chi connectivity index (χ1v) is 7.91. The van der Waals surface area contributed by atoms with Gasteiger partial charge in [0.25, 0.3) is 0 Å². The van der Waals surface area contributed by atoms with Gasteiger partial charge in [0.1, 0.15) is 36.0 Å². The molecule has 2 aliphatic heterocycles. The SMILES string of the molecule is OC[C@H]1O[C@@H](S[C@H]2C[C@@H](O)[C@H](O)O[C@@H]2CO)[C@H](O)[C@@H](O)[C@H]1O. The molecule has 0 aromatic rings. The van der Waals surface area contributed by atoms with Crippen molar-refractivity contribution < 1.29 is 45.2 Å². The highest BCUT2D eigenvalue weighted by Crippen LogP contribution is 2.36. The van der Waals surface area contributed by atoms with Crippen LogP contribution >= 0.6 is 11.8 Å². The molecule has 0 amide bonds. The monoisotopic (exact) mass is 342 g/mol. The smallest absolute Gasteiger partial charge is 0.181 e. The van der Waals surface area contributed by atoms with Crippen LogP contribution in [0.5, 0.6) is 0 Å². The van der Waals surface area contributed by atoms with Crippen molar-refractivity contribution in [2.45, 2.75) is 60.0 Å². The average Bonchev–Trinajstić information content (AvgIpc) is 2.51. The van der Waals surface area contributed by atoms with Crippen molar-refractivity contribution in [2.24, 2.45) is 0 Å². The molecule has 0 saturated carbocycles. The van der Waals surface area contributed by atoms with Crippen LogP contribution < -0.4 is 0 Å². The summed E-state index contributed by atoms with van der Waals surface area (Å²) in [5, 5.41) is 66.4. The highest BCUT2D eigenvalue weighted by molar-refractivity contribution is 8.00. The molecule has 22 heavy (non-hydrogen) atoms. The van der Waals surface area contributed by atoms with Gasteiger partial charge in [-0.1, -0.05) is 0 Å². The first-order valence-electron chi connectivity index (χ1n) is 6.97. The number of aliphatic hydroxyl groups excluding tert-OH is 7. The van der Waals surface area contributed by atoms with Gasteiger partial charge in [-0.2, -0.15) is 0 Å². The summed E-state index contributed by atoms with van der Waals surface area (Å²) in [7, 11) is 0. The molecule has 0 aromatic carbocycles. The Morgan fingerprint density at radius 1 is 0.818 bits per heavy atom. The largest absolute Gasteiger partial charge is 0.394 e. The second-order valence-corrected chi connectivity index (χ2v) is 6.76. The van der Waals surface area contributed by atoms with Crippen LogP contribution in [0.4, 0.5) is 0 Å². The molecule has 2 aliphatic rings. The number of thioether (sulfide) groups is 1. The van der Waals surface area contributed by atoms with Gasteiger partial charge in [-0.3, -0.25) is 0 Å². The van der Waals surface area contributed by atoms with Gasteiger partial charge in [-0.25, -0.2) is 0 Å². The molecule has 2 saturated heterocycles. The molecule has 0 radical (unpaired) electrons. The molecule has 2 rings (SSSR count). The third-order valence-electron chi connectivity index (χ3n) is 3.87. The topological polar surface area (TPSA) is 160 Å². The Morgan fingerprint density at radius 3 is 2.05 bits per heavy atom. The van der Waals surface area contributed by atoms with E-state index in [-0.39, 0.29) is 6.42 Å². The first kappa shape index (κ1) is 18.3. The standard InChI is InChI=1S/C12H22O9S/c13-2-5-7(1-4(15)11(19)20-5)22-12-10(18)9(17)8(16)6(3-14)21-12/h4-19H,1-3H2/t4-,5-,6-,7+,8+,9+,10-,11-,12+/m1/s1. The quantitative estimate of drug-likeness (QED) is 0.271. The van der Waals surface area contributed by atoms with Crippen molar-refractivity contribution in [3.63, 3.8) is 0 Å². The summed E-state index contributed by atoms with van der Waals surface area (Å²) >= 11 is 1.00. The van der Waals surface area contributed by atoms with Crippen LogP contribution in [0.2, 0.25) is 0 Å². The van der Waals surface area contributed by atoms with E-state index in [0.717, 1.165) is 11.8 Å². The fourth-order valence-corrected chi connectivity index (χ4v) is 4.03. The van der Waals surface area contributed by atoms with E-state index in [1.54, 1.807) is 0 Å². The molecule has 0 unspecified atom stereocenters. The lowest BCUT2D eigenvalue weighted by Crippen LogP contribution is -2.58. The lowest BCUT2D eigenvalue weighted by atomic mass is 10.0. The number of ether oxygens (including phenoxy) is 2. The van der Waals surface area contributed by atoms with E-state index >= 15 is 0 Å². The summed E-state index contributed by atoms with van der Waals surface area (Å²) in [5.74, 6) is 0. The summed E-state index contributed by atoms with van der Waals surface area (Å²) in [6, 6.07) is 0. The number of hydrogen-bond donors (Lipinski definition) is 7. The fraction of sp³-hybridized carbons (Fsp3) is 1.00. The van der Waals surface area contributed by atoms with E-state index < -0.39 is 66.8 Å². The van der Waals surface area contributed by atoms with Gasteiger partial charge in [0, 0.05) is 5.25 Å². The molecule has 2 heterocycles. The van der Waals surface area contributed by atoms with E-state index in [1.165, 1.54) is 0 Å². The minimum atomic E-state index is -1.49. The van der Waals surface area contributed by atoms with Crippen LogP contribution in [0.3, 0.4) is 0 Å². The summed E-state index contributed by atoms with van der Waals surface area (Å²) in [6.45, 7) is -0.938. The van der Waals surface area contributed by atoms with Crippen LogP contribution in [0.25, 0.3) is 0 Å². The molecule has 10 heteroatoms. The van der Waals surface area contributed by atoms with E-state index in [0.29, 0.717) is 0 Å². The summed E-state index contributed by atoms with van der Waals surface area (Å²) in [6.07, 6.45) is -8.61. The van der Waals surface area contributed by atoms with Crippen molar-refractivity contribution >= 4 is 11.8 Å². The lowest BCUT2D eigenvalue weighted by molar-refractivity contribution is -0.220. The molecule has 7 N–H and O–H groups in total. The molecule has 0 aliphatic carbocycles. The maximum Gasteiger partial charge on any atom is 0.181 e. The number of hydrogen-bond acceptors (Lipinski definition) is 10. The zero-order chi connectivity index (χ0) is 16.4. The highest BCUT2D eigenvalue weighted by atomic mass is 32.2. The Morgan fingerprint density at radius 2 is 1.45 bits per heavy atom. The number of aliphatic hydroxyl groups is 7. The predicted octanol–water partition coefficient (Wildman–Crippen LogP) is -3.65. The average molecular weight is 342 g/mol. The Labute approximate surface area is 131 Å². The van der Waals surface area contributed by atoms with Crippen molar-refractivity contribution in [1.82, 2.24) is 0 Å². The summed E-state index contributed by atoms with van der Waals surface area (Å²) in [5.41, 5.74) is -0.986. The van der Waals surface area contributed by atoms with Crippen molar-refractivity contribution in [3.05, 3.63) is 0 Å². The van der Waals surface area contributed by atoms with Crippen LogP contribution in [-0.2, 0) is 9.47 Å². The fourth-order valence-electron chi connectivity index (χ4n) is 2.52. The second kappa shape index (κ2) is 7.71. The molecule has 9 atom stereocenters. The zero-order valence-corrected chi connectivity index (χ0v) is 12.5. The van der Waals surface area contributed by atoms with Crippen molar-refractivity contribution in [1.29, 1.82) is 0 Å². The van der Waals surface area contributed by atoms with Gasteiger partial charge in [0.05, 0.1) is 19.3 Å². The van der Waals surface area contributed by atoms with Crippen molar-refractivity contribution in [2.75, 3.05) is 13.2 Å². The molecular weight excluding hydrogens is 320 g/mol. The molecule has 130 valence electrons. The third-order valence-corrected chi connectivity index (χ3v) is 5.37. The second-order valence-electron chi connectivity index (χ2n) is 5.42. The Kier molecular flexibility index (Phi) is 6.42. The Balaban J connectivity index is 2.04. The zero-order valence-electron chi connectivity index (χ0n) is 11.7. The molecular formula is C12H22O9S. The molecule has 0 aromatic heterocycles. The third kappa shape index (κ3) is 3.73. The summed E-state index contributed by atoms with van der Waals surface area (Å²) in [4.78, 5) is 0. The van der Waals surface area contributed by atoms with Gasteiger partial charge in [-0.05, 0) is 6.42 Å². The normalized spacial score (nSPS) is 50.0. The molecule has 2 fully saturated rings. The first-order chi connectivity index (χ1) is 10.4. The minimum Gasteiger partial charge on any atom is -0.394 e. The maximum absolute atomic E-state index is 9.98. The van der Waals surface area contributed by atoms with E-state index in [2.05, 4.69) is 0 Å².